The van der Waals surface area contributed by atoms with Crippen LogP contribution < -0.4 is 0 Å². The van der Waals surface area contributed by atoms with Gasteiger partial charge in [0.05, 0.1) is 55.2 Å². The van der Waals surface area contributed by atoms with Gasteiger partial charge in [0.2, 0.25) is 0 Å². The number of esters is 3. The van der Waals surface area contributed by atoms with Crippen LogP contribution in [0.1, 0.15) is 104 Å². The predicted molar refractivity (Wildman–Crippen MR) is 177 cm³/mol. The molecule has 0 unspecified atom stereocenters. The van der Waals surface area contributed by atoms with E-state index in [9.17, 15) is 36.0 Å². The van der Waals surface area contributed by atoms with Gasteiger partial charge in [0.1, 0.15) is 6.10 Å². The highest BCUT2D eigenvalue weighted by Crippen LogP contribution is 2.16. The summed E-state index contributed by atoms with van der Waals surface area (Å²) in [5, 5.41) is 16.9. The second-order valence-electron chi connectivity index (χ2n) is 11.7. The SMILES string of the molecule is C=C(CC(=O)OCCCCCCCC)C(=O)O.C=C(CC(=O)OCCCCCCCC)C(=O)OC1CS(=O)(=O)C1.O=S1(=O)CC(O)C1. The molecule has 0 aromatic carbocycles. The van der Waals surface area contributed by atoms with E-state index in [-0.39, 0.29) is 47.0 Å². The maximum Gasteiger partial charge on any atom is 0.334 e. The summed E-state index contributed by atoms with van der Waals surface area (Å²) in [6.45, 7) is 11.8. The molecule has 2 N–H and O–H groups in total. The van der Waals surface area contributed by atoms with Crippen molar-refractivity contribution < 1.29 is 60.4 Å². The van der Waals surface area contributed by atoms with Crippen LogP contribution in [0.5, 0.6) is 0 Å². The van der Waals surface area contributed by atoms with Crippen molar-refractivity contribution in [2.75, 3.05) is 36.2 Å². The van der Waals surface area contributed by atoms with Crippen LogP contribution in [0, 0.1) is 0 Å². The molecule has 0 atom stereocenters. The van der Waals surface area contributed by atoms with Crippen LogP contribution in [0.3, 0.4) is 0 Å². The third-order valence-corrected chi connectivity index (χ3v) is 10.4. The Morgan fingerprint density at radius 3 is 1.36 bits per heavy atom. The van der Waals surface area contributed by atoms with Gasteiger partial charge in [-0.2, -0.15) is 0 Å². The fraction of sp³-hybridized carbons (Fsp3) is 0.750. The second-order valence-corrected chi connectivity index (χ2v) is 16.0. The summed E-state index contributed by atoms with van der Waals surface area (Å²) < 4.78 is 57.1. The fourth-order valence-electron chi connectivity index (χ4n) is 4.09. The number of aliphatic hydroxyl groups excluding tert-OH is 1. The van der Waals surface area contributed by atoms with Gasteiger partial charge in [-0.15, -0.1) is 0 Å². The number of carboxylic acids is 1. The first-order chi connectivity index (χ1) is 22.0. The first-order valence-corrected chi connectivity index (χ1v) is 19.9. The van der Waals surface area contributed by atoms with Gasteiger partial charge in [0.25, 0.3) is 0 Å². The Bertz CT molecular complexity index is 1200. The maximum atomic E-state index is 11.6. The van der Waals surface area contributed by atoms with Crippen LogP contribution in [0.15, 0.2) is 24.3 Å². The average Bonchev–Trinajstić information content (AvgIpc) is 2.94. The molecular weight excluding hydrogens is 656 g/mol. The molecule has 0 bridgehead atoms. The molecular formula is C32H54O13S2. The van der Waals surface area contributed by atoms with Gasteiger partial charge in [0.15, 0.2) is 19.7 Å². The summed E-state index contributed by atoms with van der Waals surface area (Å²) in [6.07, 6.45) is 11.7. The zero-order chi connectivity index (χ0) is 35.9. The van der Waals surface area contributed by atoms with Crippen LogP contribution in [0.2, 0.25) is 0 Å². The molecule has 0 saturated carbocycles. The largest absolute Gasteiger partial charge is 0.478 e. The van der Waals surface area contributed by atoms with Gasteiger partial charge in [-0.05, 0) is 12.8 Å². The Morgan fingerprint density at radius 2 is 1.02 bits per heavy atom. The molecule has 2 aliphatic rings. The number of carboxylic acid groups (broad SMARTS) is 1. The van der Waals surface area contributed by atoms with E-state index in [0.717, 1.165) is 38.5 Å². The summed E-state index contributed by atoms with van der Waals surface area (Å²) in [7, 11) is -5.83. The molecule has 2 aliphatic heterocycles. The fourth-order valence-corrected chi connectivity index (χ4v) is 6.34. The molecule has 272 valence electrons. The smallest absolute Gasteiger partial charge is 0.334 e. The van der Waals surface area contributed by atoms with Gasteiger partial charge in [-0.1, -0.05) is 91.2 Å². The number of hydrogen-bond acceptors (Lipinski definition) is 12. The van der Waals surface area contributed by atoms with E-state index in [0.29, 0.717) is 13.2 Å². The summed E-state index contributed by atoms with van der Waals surface area (Å²) >= 11 is 0. The Hall–Kier alpha value is -2.78. The molecule has 2 fully saturated rings. The van der Waals surface area contributed by atoms with Crippen molar-refractivity contribution in [1.29, 1.82) is 0 Å². The Kier molecular flexibility index (Phi) is 22.9. The van der Waals surface area contributed by atoms with Crippen molar-refractivity contribution in [3.63, 3.8) is 0 Å². The molecule has 0 amide bonds. The molecule has 13 nitrogen and oxygen atoms in total. The van der Waals surface area contributed by atoms with Crippen LogP contribution in [0.25, 0.3) is 0 Å². The Balaban J connectivity index is 0.000000767. The number of carbonyl (C=O) groups is 4. The Labute approximate surface area is 279 Å². The summed E-state index contributed by atoms with van der Waals surface area (Å²) in [5.41, 5.74) is -0.139. The van der Waals surface area contributed by atoms with Crippen molar-refractivity contribution in [2.24, 2.45) is 0 Å². The summed E-state index contributed by atoms with van der Waals surface area (Å²) in [4.78, 5) is 44.8. The molecule has 2 saturated heterocycles. The average molecular weight is 711 g/mol. The summed E-state index contributed by atoms with van der Waals surface area (Å²) in [5.74, 6) is -3.29. The number of ether oxygens (including phenoxy) is 3. The van der Waals surface area contributed by atoms with Gasteiger partial charge in [-0.3, -0.25) is 9.59 Å². The number of rotatable bonds is 21. The predicted octanol–water partition coefficient (Wildman–Crippen LogP) is 3.87. The van der Waals surface area contributed by atoms with Crippen LogP contribution in [0.4, 0.5) is 0 Å². The quantitative estimate of drug-likeness (QED) is 0.0752. The first kappa shape index (κ1) is 44.2. The zero-order valence-corrected chi connectivity index (χ0v) is 29.5. The lowest BCUT2D eigenvalue weighted by molar-refractivity contribution is -0.148. The number of unbranched alkanes of at least 4 members (excludes halogenated alkanes) is 10. The molecule has 0 aromatic heterocycles. The van der Waals surface area contributed by atoms with Crippen molar-refractivity contribution in [2.45, 2.75) is 116 Å². The van der Waals surface area contributed by atoms with E-state index in [1.807, 2.05) is 0 Å². The van der Waals surface area contributed by atoms with Crippen molar-refractivity contribution in [1.82, 2.24) is 0 Å². The highest BCUT2D eigenvalue weighted by atomic mass is 32.2. The van der Waals surface area contributed by atoms with Crippen LogP contribution in [-0.2, 0) is 53.1 Å². The van der Waals surface area contributed by atoms with Gasteiger partial charge in [-0.25, -0.2) is 26.4 Å². The van der Waals surface area contributed by atoms with E-state index >= 15 is 0 Å². The van der Waals surface area contributed by atoms with Gasteiger partial charge in [0, 0.05) is 11.1 Å². The van der Waals surface area contributed by atoms with Crippen molar-refractivity contribution >= 4 is 43.6 Å². The van der Waals surface area contributed by atoms with E-state index in [1.54, 1.807) is 0 Å². The molecule has 0 spiro atoms. The number of aliphatic carboxylic acids is 1. The minimum Gasteiger partial charge on any atom is -0.478 e. The lowest BCUT2D eigenvalue weighted by atomic mass is 10.1. The zero-order valence-electron chi connectivity index (χ0n) is 27.9. The highest BCUT2D eigenvalue weighted by molar-refractivity contribution is 7.93. The summed E-state index contributed by atoms with van der Waals surface area (Å²) in [6, 6.07) is 0. The maximum absolute atomic E-state index is 11.6. The Morgan fingerprint density at radius 1 is 0.638 bits per heavy atom. The van der Waals surface area contributed by atoms with Crippen LogP contribution in [-0.4, -0.2) is 99.4 Å². The van der Waals surface area contributed by atoms with E-state index in [4.69, 9.17) is 24.4 Å². The number of aliphatic hydroxyl groups is 1. The van der Waals surface area contributed by atoms with Crippen molar-refractivity contribution in [3.8, 4) is 0 Å². The minimum absolute atomic E-state index is 0.0118. The molecule has 0 aliphatic carbocycles. The van der Waals surface area contributed by atoms with Crippen LogP contribution >= 0.6 is 0 Å². The molecule has 47 heavy (non-hydrogen) atoms. The van der Waals surface area contributed by atoms with E-state index in [1.165, 1.54) is 38.5 Å². The first-order valence-electron chi connectivity index (χ1n) is 16.2. The number of sulfone groups is 2. The topological polar surface area (TPSA) is 205 Å². The third kappa shape index (κ3) is 24.1. The number of carbonyl (C=O) groups excluding carboxylic acids is 3. The normalized spacial score (nSPS) is 16.0. The van der Waals surface area contributed by atoms with Gasteiger partial charge >= 0.3 is 23.9 Å². The molecule has 2 rings (SSSR count). The molecule has 0 radical (unpaired) electrons. The minimum atomic E-state index is -3.05. The standard InChI is InChI=1S/C16H26O6S.C13H22O4.C3H6O3S/c1-3-4-5-6-7-8-9-21-15(17)10-13(2)16(18)22-14-11-23(19,20)12-14;1-3-4-5-6-7-8-9-17-12(14)10-11(2)13(15)16;4-3-1-7(5,6)2-3/h14H,2-12H2,1H3;2-10H2,1H3,(H,15,16);3-4H,1-2H2. The van der Waals surface area contributed by atoms with E-state index in [2.05, 4.69) is 27.0 Å². The van der Waals surface area contributed by atoms with Crippen molar-refractivity contribution in [3.05, 3.63) is 24.3 Å². The van der Waals surface area contributed by atoms with Gasteiger partial charge < -0.3 is 24.4 Å². The molecule has 15 heteroatoms. The second kappa shape index (κ2) is 24.4. The van der Waals surface area contributed by atoms with E-state index < -0.39 is 55.8 Å². The lowest BCUT2D eigenvalue weighted by Gasteiger charge is -2.25. The molecule has 0 aromatic rings. The number of hydrogen-bond donors (Lipinski definition) is 2. The monoisotopic (exact) mass is 710 g/mol. The highest BCUT2D eigenvalue weighted by Gasteiger charge is 2.37. The third-order valence-electron chi connectivity index (χ3n) is 6.87. The molecule has 2 heterocycles. The lowest BCUT2D eigenvalue weighted by Crippen LogP contribution is -2.44.